The number of rotatable bonds is 10. The second-order valence-corrected chi connectivity index (χ2v) is 8.52. The maximum atomic E-state index is 12.6. The molecular weight excluding hydrogens is 378 g/mol. The number of methoxy groups -OCH3 is 1. The highest BCUT2D eigenvalue weighted by Gasteiger charge is 2.28. The van der Waals surface area contributed by atoms with Gasteiger partial charge in [-0.05, 0) is 63.4 Å². The van der Waals surface area contributed by atoms with Crippen molar-refractivity contribution in [1.29, 1.82) is 0 Å². The molecule has 168 valence electrons. The molecule has 1 aromatic carbocycles. The topological polar surface area (TPSA) is 53.1 Å². The molecule has 1 aliphatic rings. The molecule has 1 saturated heterocycles. The predicted molar refractivity (Wildman–Crippen MR) is 121 cm³/mol. The molecule has 1 aromatic rings. The molecule has 1 heterocycles. The highest BCUT2D eigenvalue weighted by Crippen LogP contribution is 2.20. The summed E-state index contributed by atoms with van der Waals surface area (Å²) in [4.78, 5) is 30.7. The van der Waals surface area contributed by atoms with Gasteiger partial charge in [0, 0.05) is 45.6 Å². The second kappa shape index (κ2) is 11.9. The number of piperidine rings is 1. The lowest BCUT2D eigenvalue weighted by molar-refractivity contribution is -0.139. The Morgan fingerprint density at radius 1 is 1.17 bits per heavy atom. The quantitative estimate of drug-likeness (QED) is 0.587. The van der Waals surface area contributed by atoms with Gasteiger partial charge in [0.25, 0.3) is 0 Å². The Hall–Kier alpha value is -2.08. The van der Waals surface area contributed by atoms with E-state index in [0.29, 0.717) is 25.6 Å². The van der Waals surface area contributed by atoms with Gasteiger partial charge in [-0.2, -0.15) is 0 Å². The van der Waals surface area contributed by atoms with E-state index < -0.39 is 0 Å². The minimum atomic E-state index is 0.0680. The van der Waals surface area contributed by atoms with E-state index in [1.54, 1.807) is 26.1 Å². The van der Waals surface area contributed by atoms with Gasteiger partial charge in [0.15, 0.2) is 0 Å². The fourth-order valence-electron chi connectivity index (χ4n) is 4.25. The fraction of sp³-hybridized carbons (Fsp3) is 0.667. The van der Waals surface area contributed by atoms with Gasteiger partial charge in [0.1, 0.15) is 5.75 Å². The molecule has 30 heavy (non-hydrogen) atoms. The lowest BCUT2D eigenvalue weighted by Gasteiger charge is -2.33. The summed E-state index contributed by atoms with van der Waals surface area (Å²) in [5, 5.41) is 0. The van der Waals surface area contributed by atoms with E-state index in [1.807, 2.05) is 17.0 Å². The van der Waals surface area contributed by atoms with E-state index in [9.17, 15) is 9.59 Å². The molecule has 0 saturated carbocycles. The Kier molecular flexibility index (Phi) is 9.63. The average Bonchev–Trinajstić information content (AvgIpc) is 2.76. The smallest absolute Gasteiger partial charge is 0.225 e. The maximum absolute atomic E-state index is 12.6. The molecule has 1 atom stereocenters. The van der Waals surface area contributed by atoms with Gasteiger partial charge in [-0.1, -0.05) is 19.1 Å². The number of ether oxygens (including phenoxy) is 1. The number of carbonyl (C=O) groups is 2. The van der Waals surface area contributed by atoms with Crippen molar-refractivity contribution in [1.82, 2.24) is 14.7 Å². The summed E-state index contributed by atoms with van der Waals surface area (Å²) < 4.78 is 5.23. The van der Waals surface area contributed by atoms with Gasteiger partial charge in [0.05, 0.1) is 7.11 Å². The molecule has 1 fully saturated rings. The lowest BCUT2D eigenvalue weighted by atomic mass is 9.95. The number of hydrogen-bond donors (Lipinski definition) is 0. The van der Waals surface area contributed by atoms with Crippen LogP contribution in [0.4, 0.5) is 0 Å². The van der Waals surface area contributed by atoms with Crippen LogP contribution in [-0.4, -0.2) is 79.9 Å². The van der Waals surface area contributed by atoms with E-state index in [4.69, 9.17) is 4.74 Å². The summed E-state index contributed by atoms with van der Waals surface area (Å²) in [6, 6.07) is 8.68. The highest BCUT2D eigenvalue weighted by molar-refractivity contribution is 5.79. The number of likely N-dealkylation sites (tertiary alicyclic amines) is 1. The maximum Gasteiger partial charge on any atom is 0.225 e. The Balaban J connectivity index is 1.73. The van der Waals surface area contributed by atoms with Gasteiger partial charge < -0.3 is 19.4 Å². The number of carbonyl (C=O) groups excluding carboxylic acids is 2. The molecule has 2 amide bonds. The molecule has 0 radical (unpaired) electrons. The molecule has 0 aromatic heterocycles. The third-order valence-corrected chi connectivity index (χ3v) is 6.19. The predicted octanol–water partition coefficient (Wildman–Crippen LogP) is 3.06. The van der Waals surface area contributed by atoms with Crippen LogP contribution in [0.15, 0.2) is 24.3 Å². The average molecular weight is 418 g/mol. The van der Waals surface area contributed by atoms with E-state index in [2.05, 4.69) is 30.9 Å². The number of nitrogens with zero attached hydrogens (tertiary/aromatic N) is 3. The molecule has 0 spiro atoms. The van der Waals surface area contributed by atoms with Crippen LogP contribution in [0.3, 0.4) is 0 Å². The monoisotopic (exact) mass is 417 g/mol. The summed E-state index contributed by atoms with van der Waals surface area (Å²) in [7, 11) is 5.28. The van der Waals surface area contributed by atoms with Gasteiger partial charge >= 0.3 is 0 Å². The zero-order valence-electron chi connectivity index (χ0n) is 19.4. The molecule has 6 nitrogen and oxygen atoms in total. The Morgan fingerprint density at radius 2 is 1.80 bits per heavy atom. The molecule has 0 bridgehead atoms. The van der Waals surface area contributed by atoms with E-state index in [0.717, 1.165) is 44.5 Å². The van der Waals surface area contributed by atoms with Crippen LogP contribution < -0.4 is 4.74 Å². The summed E-state index contributed by atoms with van der Waals surface area (Å²) in [5.41, 5.74) is 1.30. The van der Waals surface area contributed by atoms with Crippen molar-refractivity contribution in [2.45, 2.75) is 52.0 Å². The molecular formula is C24H39N3O3. The van der Waals surface area contributed by atoms with E-state index >= 15 is 0 Å². The fourth-order valence-corrected chi connectivity index (χ4v) is 4.25. The third kappa shape index (κ3) is 7.01. The van der Waals surface area contributed by atoms with Crippen molar-refractivity contribution in [2.24, 2.45) is 5.92 Å². The van der Waals surface area contributed by atoms with Crippen molar-refractivity contribution < 1.29 is 14.3 Å². The standard InChI is InChI=1S/C24H39N3O3/c1-6-26(19(2)18-20-9-11-22(30-5)12-10-20)15-7-8-23(28)27-16-13-21(14-17-27)24(29)25(3)4/h9-12,19,21H,6-8,13-18H2,1-5H3/t19-/m0/s1. The van der Waals surface area contributed by atoms with E-state index in [-0.39, 0.29) is 17.7 Å². The van der Waals surface area contributed by atoms with Crippen molar-refractivity contribution in [2.75, 3.05) is 47.4 Å². The van der Waals surface area contributed by atoms with Gasteiger partial charge in [-0.3, -0.25) is 9.59 Å². The molecule has 0 N–H and O–H groups in total. The van der Waals surface area contributed by atoms with Crippen LogP contribution >= 0.6 is 0 Å². The first kappa shape index (κ1) is 24.2. The number of likely N-dealkylation sites (N-methyl/N-ethyl adjacent to an activating group) is 1. The zero-order valence-corrected chi connectivity index (χ0v) is 19.4. The molecule has 2 rings (SSSR count). The van der Waals surface area contributed by atoms with Gasteiger partial charge in [-0.15, -0.1) is 0 Å². The Labute approximate surface area is 182 Å². The van der Waals surface area contributed by atoms with E-state index in [1.165, 1.54) is 5.56 Å². The second-order valence-electron chi connectivity index (χ2n) is 8.52. The molecule has 0 aliphatic carbocycles. The third-order valence-electron chi connectivity index (χ3n) is 6.19. The van der Waals surface area contributed by atoms with Crippen LogP contribution in [-0.2, 0) is 16.0 Å². The Morgan fingerprint density at radius 3 is 2.33 bits per heavy atom. The molecule has 0 unspecified atom stereocenters. The molecule has 6 heteroatoms. The van der Waals surface area contributed by atoms with Crippen molar-refractivity contribution in [3.63, 3.8) is 0 Å². The zero-order chi connectivity index (χ0) is 22.1. The largest absolute Gasteiger partial charge is 0.497 e. The van der Waals surface area contributed by atoms with Crippen molar-refractivity contribution in [3.8, 4) is 5.75 Å². The first-order valence-corrected chi connectivity index (χ1v) is 11.2. The van der Waals surface area contributed by atoms with Crippen LogP contribution in [0, 0.1) is 5.92 Å². The number of benzene rings is 1. The van der Waals surface area contributed by atoms with Crippen molar-refractivity contribution in [3.05, 3.63) is 29.8 Å². The highest BCUT2D eigenvalue weighted by atomic mass is 16.5. The summed E-state index contributed by atoms with van der Waals surface area (Å²) in [5.74, 6) is 1.36. The van der Waals surface area contributed by atoms with Crippen LogP contribution in [0.2, 0.25) is 0 Å². The minimum absolute atomic E-state index is 0.0680. The van der Waals surface area contributed by atoms with Crippen LogP contribution in [0.25, 0.3) is 0 Å². The van der Waals surface area contributed by atoms with Gasteiger partial charge in [0.2, 0.25) is 11.8 Å². The van der Waals surface area contributed by atoms with Crippen LogP contribution in [0.1, 0.15) is 45.1 Å². The lowest BCUT2D eigenvalue weighted by Crippen LogP contribution is -2.43. The van der Waals surface area contributed by atoms with Crippen molar-refractivity contribution >= 4 is 11.8 Å². The number of hydrogen-bond acceptors (Lipinski definition) is 4. The molecule has 1 aliphatic heterocycles. The Bertz CT molecular complexity index is 667. The van der Waals surface area contributed by atoms with Crippen LogP contribution in [0.5, 0.6) is 5.75 Å². The first-order chi connectivity index (χ1) is 14.3. The SMILES string of the molecule is CCN(CCCC(=O)N1CCC(C(=O)N(C)C)CC1)[C@@H](C)Cc1ccc(OC)cc1. The summed E-state index contributed by atoms with van der Waals surface area (Å²) in [6.07, 6.45) is 4.00. The van der Waals surface area contributed by atoms with Gasteiger partial charge in [-0.25, -0.2) is 0 Å². The minimum Gasteiger partial charge on any atom is -0.497 e. The summed E-state index contributed by atoms with van der Waals surface area (Å²) >= 11 is 0. The first-order valence-electron chi connectivity index (χ1n) is 11.2. The normalized spacial score (nSPS) is 15.9. The number of amides is 2. The summed E-state index contributed by atoms with van der Waals surface area (Å²) in [6.45, 7) is 7.74.